The van der Waals surface area contributed by atoms with Crippen LogP contribution in [-0.4, -0.2) is 29.1 Å². The van der Waals surface area contributed by atoms with Gasteiger partial charge in [0.15, 0.2) is 0 Å². The fourth-order valence-electron chi connectivity index (χ4n) is 3.99. The molecule has 0 aliphatic heterocycles. The normalized spacial score (nSPS) is 25.0. The second kappa shape index (κ2) is 8.52. The van der Waals surface area contributed by atoms with Gasteiger partial charge in [0, 0.05) is 6.42 Å². The molecule has 2 unspecified atom stereocenters. The van der Waals surface area contributed by atoms with E-state index in [1.54, 1.807) is 0 Å². The van der Waals surface area contributed by atoms with E-state index in [1.807, 2.05) is 6.07 Å². The predicted octanol–water partition coefficient (Wildman–Crippen LogP) is 5.11. The Hall–Kier alpha value is -2.80. The minimum absolute atomic E-state index is 0.248. The Morgan fingerprint density at radius 3 is 2.36 bits per heavy atom. The van der Waals surface area contributed by atoms with Crippen molar-refractivity contribution in [2.75, 3.05) is 0 Å². The van der Waals surface area contributed by atoms with Crippen LogP contribution in [0.1, 0.15) is 44.2 Å². The van der Waals surface area contributed by atoms with Crippen LogP contribution in [0.5, 0.6) is 0 Å². The van der Waals surface area contributed by atoms with Crippen molar-refractivity contribution >= 4 is 5.91 Å². The van der Waals surface area contributed by atoms with Crippen molar-refractivity contribution in [1.82, 2.24) is 10.6 Å². The van der Waals surface area contributed by atoms with E-state index < -0.39 is 65.3 Å². The molecule has 4 nitrogen and oxygen atoms in total. The molecule has 0 heterocycles. The van der Waals surface area contributed by atoms with Gasteiger partial charge in [0.25, 0.3) is 5.92 Å². The second-order valence-electron chi connectivity index (χ2n) is 8.73. The minimum Gasteiger partial charge on any atom is -0.336 e. The Morgan fingerprint density at radius 2 is 1.88 bits per heavy atom. The highest BCUT2D eigenvalue weighted by Crippen LogP contribution is 2.57. The number of nitrogens with zero attached hydrogens (tertiary/aromatic N) is 1. The number of alkyl halides is 5. The van der Waals surface area contributed by atoms with Gasteiger partial charge in [-0.2, -0.15) is 18.4 Å². The van der Waals surface area contributed by atoms with E-state index in [4.69, 9.17) is 0 Å². The molecular weight excluding hydrogens is 448 g/mol. The van der Waals surface area contributed by atoms with Crippen LogP contribution in [0.3, 0.4) is 0 Å². The average molecular weight is 471 g/mol. The Morgan fingerprint density at radius 1 is 1.27 bits per heavy atom. The van der Waals surface area contributed by atoms with E-state index in [2.05, 4.69) is 17.2 Å². The topological polar surface area (TPSA) is 64.9 Å². The van der Waals surface area contributed by atoms with E-state index in [0.717, 1.165) is 24.3 Å². The number of carbonyl (C=O) groups excluding carboxylic acids is 1. The maximum Gasteiger partial charge on any atom is 0.407 e. The van der Waals surface area contributed by atoms with Crippen molar-refractivity contribution < 1.29 is 31.1 Å². The standard InChI is InChI=1S/C23H23F6N3O/c1-3-4-14(2)11-22(25,26)17-12-21(17,19(33)32-20(13-30)9-10-20)31-18(23(27,28)29)15-5-7-16(24)8-6-15/h3-8,17-18,31H,1,9-12H2,2H3,(H,32,33)/b14-4+/t17?,18-,21?/m0/s1. The van der Waals surface area contributed by atoms with E-state index in [1.165, 1.54) is 19.1 Å². The maximum atomic E-state index is 15.1. The van der Waals surface area contributed by atoms with E-state index in [0.29, 0.717) is 0 Å². The molecular formula is C23H23F6N3O. The number of nitrogens with one attached hydrogen (secondary N) is 2. The van der Waals surface area contributed by atoms with Gasteiger partial charge in [0.05, 0.1) is 12.0 Å². The number of rotatable bonds is 9. The van der Waals surface area contributed by atoms with Crippen LogP contribution in [0.2, 0.25) is 0 Å². The molecule has 2 aliphatic carbocycles. The summed E-state index contributed by atoms with van der Waals surface area (Å²) in [6.45, 7) is 4.86. The predicted molar refractivity (Wildman–Crippen MR) is 108 cm³/mol. The maximum absolute atomic E-state index is 15.1. The number of nitriles is 1. The molecule has 10 heteroatoms. The Labute approximate surface area is 187 Å². The summed E-state index contributed by atoms with van der Waals surface area (Å²) in [5.41, 5.74) is -3.68. The molecule has 2 fully saturated rings. The largest absolute Gasteiger partial charge is 0.407 e. The van der Waals surface area contributed by atoms with Gasteiger partial charge in [-0.3, -0.25) is 10.1 Å². The lowest BCUT2D eigenvalue weighted by Gasteiger charge is -2.30. The zero-order valence-corrected chi connectivity index (χ0v) is 17.8. The van der Waals surface area contributed by atoms with E-state index in [9.17, 15) is 27.6 Å². The average Bonchev–Trinajstić information content (AvgIpc) is 3.61. The lowest BCUT2D eigenvalue weighted by atomic mass is 9.98. The van der Waals surface area contributed by atoms with E-state index in [-0.39, 0.29) is 18.4 Å². The van der Waals surface area contributed by atoms with Gasteiger partial charge in [0.1, 0.15) is 22.9 Å². The Balaban J connectivity index is 1.96. The molecule has 178 valence electrons. The number of benzene rings is 1. The van der Waals surface area contributed by atoms with Gasteiger partial charge in [-0.25, -0.2) is 13.2 Å². The van der Waals surface area contributed by atoms with Crippen molar-refractivity contribution in [3.05, 3.63) is 60.0 Å². The van der Waals surface area contributed by atoms with Crippen LogP contribution in [0.4, 0.5) is 26.3 Å². The molecule has 0 saturated heterocycles. The number of halogens is 6. The van der Waals surface area contributed by atoms with Gasteiger partial charge in [-0.15, -0.1) is 0 Å². The molecule has 1 amide bonds. The minimum atomic E-state index is -4.96. The first-order chi connectivity index (χ1) is 15.3. The number of carbonyl (C=O) groups is 1. The molecule has 1 aromatic carbocycles. The van der Waals surface area contributed by atoms with Crippen LogP contribution < -0.4 is 10.6 Å². The van der Waals surface area contributed by atoms with Gasteiger partial charge < -0.3 is 5.32 Å². The molecule has 3 atom stereocenters. The third-order valence-corrected chi connectivity index (χ3v) is 6.04. The monoisotopic (exact) mass is 471 g/mol. The zero-order valence-electron chi connectivity index (χ0n) is 17.8. The van der Waals surface area contributed by atoms with Crippen molar-refractivity contribution in [2.45, 2.75) is 61.8 Å². The summed E-state index contributed by atoms with van der Waals surface area (Å²) in [6.07, 6.45) is -3.04. The summed E-state index contributed by atoms with van der Waals surface area (Å²) in [7, 11) is 0. The highest BCUT2D eigenvalue weighted by molar-refractivity contribution is 5.91. The highest BCUT2D eigenvalue weighted by Gasteiger charge is 2.72. The first-order valence-corrected chi connectivity index (χ1v) is 10.3. The summed E-state index contributed by atoms with van der Waals surface area (Å²) < 4.78 is 85.2. The second-order valence-corrected chi connectivity index (χ2v) is 8.73. The highest BCUT2D eigenvalue weighted by atomic mass is 19.4. The Kier molecular flexibility index (Phi) is 6.41. The first-order valence-electron chi connectivity index (χ1n) is 10.3. The van der Waals surface area contributed by atoms with Crippen LogP contribution in [-0.2, 0) is 4.79 Å². The number of allylic oxidation sites excluding steroid dienone is 3. The summed E-state index contributed by atoms with van der Waals surface area (Å²) in [5.74, 6) is -7.08. The van der Waals surface area contributed by atoms with Gasteiger partial charge in [0.2, 0.25) is 5.91 Å². The van der Waals surface area contributed by atoms with Crippen LogP contribution >= 0.6 is 0 Å². The molecule has 0 bridgehead atoms. The number of hydrogen-bond acceptors (Lipinski definition) is 3. The summed E-state index contributed by atoms with van der Waals surface area (Å²) in [4.78, 5) is 13.0. The SMILES string of the molecule is C=C/C=C(\C)CC(F)(F)C1CC1(N[C@@H](c1ccc(F)cc1)C(F)(F)F)C(=O)NC1(C#N)CC1. The Bertz CT molecular complexity index is 991. The zero-order chi connectivity index (χ0) is 24.7. The third kappa shape index (κ3) is 5.24. The molecule has 0 aromatic heterocycles. The quantitative estimate of drug-likeness (QED) is 0.389. The lowest BCUT2D eigenvalue weighted by molar-refractivity contribution is -0.164. The van der Waals surface area contributed by atoms with Crippen molar-refractivity contribution in [3.63, 3.8) is 0 Å². The number of hydrogen-bond donors (Lipinski definition) is 2. The third-order valence-electron chi connectivity index (χ3n) is 6.04. The van der Waals surface area contributed by atoms with Crippen LogP contribution in [0, 0.1) is 23.1 Å². The molecule has 0 spiro atoms. The fourth-order valence-corrected chi connectivity index (χ4v) is 3.99. The lowest BCUT2D eigenvalue weighted by Crippen LogP contribution is -2.56. The van der Waals surface area contributed by atoms with Gasteiger partial charge >= 0.3 is 6.18 Å². The van der Waals surface area contributed by atoms with Crippen molar-refractivity contribution in [2.24, 2.45) is 5.92 Å². The summed E-state index contributed by atoms with van der Waals surface area (Å²) >= 11 is 0. The molecule has 33 heavy (non-hydrogen) atoms. The summed E-state index contributed by atoms with van der Waals surface area (Å²) in [5, 5.41) is 13.7. The molecule has 2 saturated carbocycles. The molecule has 3 rings (SSSR count). The van der Waals surface area contributed by atoms with E-state index >= 15 is 8.78 Å². The fraction of sp³-hybridized carbons (Fsp3) is 0.478. The first kappa shape index (κ1) is 24.8. The number of amides is 1. The van der Waals surface area contributed by atoms with Crippen LogP contribution in [0.25, 0.3) is 0 Å². The van der Waals surface area contributed by atoms with Crippen molar-refractivity contribution in [1.29, 1.82) is 5.26 Å². The van der Waals surface area contributed by atoms with Crippen molar-refractivity contribution in [3.8, 4) is 6.07 Å². The molecule has 0 radical (unpaired) electrons. The molecule has 1 aromatic rings. The molecule has 2 aliphatic rings. The summed E-state index contributed by atoms with van der Waals surface area (Å²) in [6, 6.07) is 2.79. The van der Waals surface area contributed by atoms with Gasteiger partial charge in [-0.05, 0) is 43.9 Å². The van der Waals surface area contributed by atoms with Gasteiger partial charge in [-0.1, -0.05) is 36.4 Å². The van der Waals surface area contributed by atoms with Crippen LogP contribution in [0.15, 0.2) is 48.6 Å². The molecule has 2 N–H and O–H groups in total. The smallest absolute Gasteiger partial charge is 0.336 e.